The van der Waals surface area contributed by atoms with Crippen molar-refractivity contribution in [3.05, 3.63) is 20.8 Å². The first-order valence-corrected chi connectivity index (χ1v) is 6.83. The van der Waals surface area contributed by atoms with Gasteiger partial charge in [-0.3, -0.25) is 4.79 Å². The maximum absolute atomic E-state index is 11.7. The number of amides is 1. The molecule has 82 valence electrons. The molecular weight excluding hydrogens is 274 g/mol. The Balaban J connectivity index is 1.97. The number of nitrogens with zero attached hydrogens (tertiary/aromatic N) is 1. The fourth-order valence-corrected chi connectivity index (χ4v) is 3.29. The molecule has 1 amide bonds. The van der Waals surface area contributed by atoms with Crippen molar-refractivity contribution in [2.45, 2.75) is 26.3 Å². The van der Waals surface area contributed by atoms with E-state index in [2.05, 4.69) is 34.3 Å². The van der Waals surface area contributed by atoms with E-state index in [0.29, 0.717) is 18.2 Å². The zero-order valence-corrected chi connectivity index (χ0v) is 11.1. The first-order valence-electron chi connectivity index (χ1n) is 5.16. The highest BCUT2D eigenvalue weighted by molar-refractivity contribution is 9.10. The smallest absolute Gasteiger partial charge is 0.223 e. The molecule has 1 aromatic rings. The topological polar surface area (TPSA) is 20.3 Å². The lowest BCUT2D eigenvalue weighted by molar-refractivity contribution is -0.135. The van der Waals surface area contributed by atoms with E-state index in [9.17, 15) is 4.79 Å². The molecule has 1 aromatic heterocycles. The van der Waals surface area contributed by atoms with Crippen LogP contribution in [0.2, 0.25) is 0 Å². The molecule has 1 atom stereocenters. The first-order chi connectivity index (χ1) is 7.15. The van der Waals surface area contributed by atoms with Gasteiger partial charge >= 0.3 is 0 Å². The maximum atomic E-state index is 11.7. The normalized spacial score (nSPS) is 22.1. The summed E-state index contributed by atoms with van der Waals surface area (Å²) >= 11 is 5.13. The van der Waals surface area contributed by atoms with Gasteiger partial charge in [-0.15, -0.1) is 11.3 Å². The van der Waals surface area contributed by atoms with Crippen LogP contribution in [-0.4, -0.2) is 17.4 Å². The Labute approximate surface area is 102 Å². The molecule has 1 saturated heterocycles. The second-order valence-electron chi connectivity index (χ2n) is 4.14. The van der Waals surface area contributed by atoms with E-state index in [1.54, 1.807) is 11.3 Å². The minimum atomic E-state index is 0.304. The van der Waals surface area contributed by atoms with Crippen LogP contribution in [0.15, 0.2) is 15.9 Å². The lowest BCUT2D eigenvalue weighted by atomic mass is 9.98. The van der Waals surface area contributed by atoms with Crippen molar-refractivity contribution in [3.63, 3.8) is 0 Å². The highest BCUT2D eigenvalue weighted by Gasteiger charge is 2.23. The van der Waals surface area contributed by atoms with E-state index < -0.39 is 0 Å². The zero-order chi connectivity index (χ0) is 10.8. The average molecular weight is 288 g/mol. The van der Waals surface area contributed by atoms with E-state index >= 15 is 0 Å². The van der Waals surface area contributed by atoms with Gasteiger partial charge in [0.05, 0.1) is 6.54 Å². The Morgan fingerprint density at radius 1 is 1.67 bits per heavy atom. The van der Waals surface area contributed by atoms with Crippen LogP contribution >= 0.6 is 27.3 Å². The van der Waals surface area contributed by atoms with Crippen molar-refractivity contribution in [3.8, 4) is 0 Å². The number of carbonyl (C=O) groups excluding carboxylic acids is 1. The monoisotopic (exact) mass is 287 g/mol. The number of piperidine rings is 1. The number of thiophene rings is 1. The molecule has 2 rings (SSSR count). The summed E-state index contributed by atoms with van der Waals surface area (Å²) in [5, 5.41) is 2.06. The van der Waals surface area contributed by atoms with Crippen LogP contribution in [0.4, 0.5) is 0 Å². The van der Waals surface area contributed by atoms with Crippen LogP contribution in [-0.2, 0) is 11.3 Å². The van der Waals surface area contributed by atoms with Crippen molar-refractivity contribution in [2.75, 3.05) is 6.54 Å². The van der Waals surface area contributed by atoms with Gasteiger partial charge in [0.2, 0.25) is 5.91 Å². The van der Waals surface area contributed by atoms with Gasteiger partial charge in [-0.25, -0.2) is 0 Å². The van der Waals surface area contributed by atoms with Crippen molar-refractivity contribution >= 4 is 33.2 Å². The van der Waals surface area contributed by atoms with Crippen LogP contribution in [0.3, 0.4) is 0 Å². The van der Waals surface area contributed by atoms with Gasteiger partial charge in [-0.05, 0) is 34.3 Å². The fraction of sp³-hybridized carbons (Fsp3) is 0.545. The number of hydrogen-bond acceptors (Lipinski definition) is 2. The molecule has 15 heavy (non-hydrogen) atoms. The van der Waals surface area contributed by atoms with E-state index in [-0.39, 0.29) is 0 Å². The summed E-state index contributed by atoms with van der Waals surface area (Å²) in [7, 11) is 0. The molecule has 1 aliphatic heterocycles. The molecular formula is C11H14BrNOS. The summed E-state index contributed by atoms with van der Waals surface area (Å²) in [5.41, 5.74) is 0. The van der Waals surface area contributed by atoms with Crippen LogP contribution in [0, 0.1) is 5.92 Å². The third-order valence-electron chi connectivity index (χ3n) is 2.74. The Morgan fingerprint density at radius 3 is 3.07 bits per heavy atom. The van der Waals surface area contributed by atoms with Gasteiger partial charge in [0.25, 0.3) is 0 Å². The van der Waals surface area contributed by atoms with Gasteiger partial charge in [0.1, 0.15) is 0 Å². The van der Waals surface area contributed by atoms with Gasteiger partial charge in [-0.2, -0.15) is 0 Å². The molecule has 1 unspecified atom stereocenters. The van der Waals surface area contributed by atoms with Crippen molar-refractivity contribution in [1.82, 2.24) is 4.90 Å². The summed E-state index contributed by atoms with van der Waals surface area (Å²) in [6.45, 7) is 3.84. The quantitative estimate of drug-likeness (QED) is 0.818. The highest BCUT2D eigenvalue weighted by atomic mass is 79.9. The van der Waals surface area contributed by atoms with Crippen LogP contribution in [0.1, 0.15) is 24.6 Å². The van der Waals surface area contributed by atoms with Gasteiger partial charge in [0.15, 0.2) is 0 Å². The second kappa shape index (κ2) is 4.66. The molecule has 0 N–H and O–H groups in total. The van der Waals surface area contributed by atoms with Crippen molar-refractivity contribution in [2.24, 2.45) is 5.92 Å². The molecule has 1 aliphatic rings. The van der Waals surface area contributed by atoms with Gasteiger partial charge in [0, 0.05) is 27.7 Å². The molecule has 2 nitrogen and oxygen atoms in total. The highest BCUT2D eigenvalue weighted by Crippen LogP contribution is 2.24. The summed E-state index contributed by atoms with van der Waals surface area (Å²) in [5.74, 6) is 0.863. The minimum absolute atomic E-state index is 0.304. The molecule has 0 bridgehead atoms. The average Bonchev–Trinajstić information content (AvgIpc) is 2.56. The van der Waals surface area contributed by atoms with E-state index in [1.165, 1.54) is 4.88 Å². The number of likely N-dealkylation sites (tertiary alicyclic amines) is 1. The number of hydrogen-bond donors (Lipinski definition) is 0. The summed E-state index contributed by atoms with van der Waals surface area (Å²) < 4.78 is 1.11. The summed E-state index contributed by atoms with van der Waals surface area (Å²) in [6, 6.07) is 2.09. The SMILES string of the molecule is CC1CCN(Cc2cc(Br)cs2)C(=O)C1. The Bertz CT molecular complexity index is 363. The Kier molecular flexibility index (Phi) is 3.46. The van der Waals surface area contributed by atoms with Crippen molar-refractivity contribution in [1.29, 1.82) is 0 Å². The van der Waals surface area contributed by atoms with E-state index in [0.717, 1.165) is 24.0 Å². The fourth-order valence-electron chi connectivity index (χ4n) is 1.82. The standard InChI is InChI=1S/C11H14BrNOS/c1-8-2-3-13(11(14)4-8)6-10-5-9(12)7-15-10/h5,7-8H,2-4,6H2,1H3. The lowest BCUT2D eigenvalue weighted by Crippen LogP contribution is -2.37. The molecule has 0 aliphatic carbocycles. The van der Waals surface area contributed by atoms with Crippen LogP contribution < -0.4 is 0 Å². The summed E-state index contributed by atoms with van der Waals surface area (Å²) in [4.78, 5) is 15.0. The third kappa shape index (κ3) is 2.82. The van der Waals surface area contributed by atoms with Gasteiger partial charge in [-0.1, -0.05) is 6.92 Å². The third-order valence-corrected chi connectivity index (χ3v) is 4.42. The summed E-state index contributed by atoms with van der Waals surface area (Å²) in [6.07, 6.45) is 1.85. The molecule has 4 heteroatoms. The molecule has 0 aromatic carbocycles. The Hall–Kier alpha value is -0.350. The zero-order valence-electron chi connectivity index (χ0n) is 8.70. The number of rotatable bonds is 2. The predicted molar refractivity (Wildman–Crippen MR) is 65.8 cm³/mol. The molecule has 0 spiro atoms. The second-order valence-corrected chi connectivity index (χ2v) is 6.06. The molecule has 1 fully saturated rings. The Morgan fingerprint density at radius 2 is 2.47 bits per heavy atom. The largest absolute Gasteiger partial charge is 0.338 e. The van der Waals surface area contributed by atoms with Gasteiger partial charge < -0.3 is 4.90 Å². The van der Waals surface area contributed by atoms with Crippen LogP contribution in [0.25, 0.3) is 0 Å². The minimum Gasteiger partial charge on any atom is -0.338 e. The predicted octanol–water partition coefficient (Wildman–Crippen LogP) is 3.27. The molecule has 0 saturated carbocycles. The van der Waals surface area contributed by atoms with E-state index in [1.807, 2.05) is 4.90 Å². The lowest BCUT2D eigenvalue weighted by Gasteiger charge is -2.29. The molecule has 0 radical (unpaired) electrons. The van der Waals surface area contributed by atoms with E-state index in [4.69, 9.17) is 0 Å². The first kappa shape index (κ1) is 11.1. The van der Waals surface area contributed by atoms with Crippen molar-refractivity contribution < 1.29 is 4.79 Å². The molecule has 2 heterocycles. The van der Waals surface area contributed by atoms with Crippen LogP contribution in [0.5, 0.6) is 0 Å². The number of halogens is 1. The number of carbonyl (C=O) groups is 1. The maximum Gasteiger partial charge on any atom is 0.223 e.